The predicted molar refractivity (Wildman–Crippen MR) is 49.3 cm³/mol. The Morgan fingerprint density at radius 1 is 1.24 bits per heavy atom. The Labute approximate surface area is 99.5 Å². The van der Waals surface area contributed by atoms with Crippen molar-refractivity contribution < 1.29 is 31.1 Å². The number of hydrogen-bond acceptors (Lipinski definition) is 1. The molecule has 1 nitrogen and oxygen atoms in total. The molecule has 94 valence electrons. The maximum absolute atomic E-state index is 13.2. The summed E-state index contributed by atoms with van der Waals surface area (Å²) in [5, 5.41) is 0. The molecule has 0 aliphatic carbocycles. The fourth-order valence-corrected chi connectivity index (χ4v) is 1.33. The van der Waals surface area contributed by atoms with Crippen LogP contribution in [0.4, 0.5) is 26.3 Å². The van der Waals surface area contributed by atoms with Crippen LogP contribution in [0.5, 0.6) is 0 Å². The van der Waals surface area contributed by atoms with Gasteiger partial charge in [-0.2, -0.15) is 8.78 Å². The summed E-state index contributed by atoms with van der Waals surface area (Å²) in [6.45, 7) is 0. The van der Waals surface area contributed by atoms with E-state index in [-0.39, 0.29) is 0 Å². The number of carbonyl (C=O) groups excluding carboxylic acids is 1. The molecule has 0 fully saturated rings. The molecular formula is C9H3BrF6O. The number of alkyl halides is 4. The minimum Gasteiger partial charge on any atom is -0.287 e. The smallest absolute Gasteiger partial charge is 0.287 e. The lowest BCUT2D eigenvalue weighted by atomic mass is 10.0. The SMILES string of the molecule is O=C(c1c(F)ccc(Br)c1F)C(F)(F)C(F)F. The van der Waals surface area contributed by atoms with E-state index in [2.05, 4.69) is 15.9 Å². The average molecular weight is 321 g/mol. The van der Waals surface area contributed by atoms with Gasteiger partial charge in [-0.05, 0) is 28.1 Å². The van der Waals surface area contributed by atoms with Gasteiger partial charge >= 0.3 is 12.3 Å². The Morgan fingerprint density at radius 2 is 1.76 bits per heavy atom. The number of halogens is 7. The van der Waals surface area contributed by atoms with Crippen LogP contribution < -0.4 is 0 Å². The van der Waals surface area contributed by atoms with Gasteiger partial charge in [-0.15, -0.1) is 0 Å². The molecule has 0 radical (unpaired) electrons. The molecular weight excluding hydrogens is 318 g/mol. The van der Waals surface area contributed by atoms with Gasteiger partial charge in [0.2, 0.25) is 5.78 Å². The highest BCUT2D eigenvalue weighted by Crippen LogP contribution is 2.31. The van der Waals surface area contributed by atoms with Gasteiger partial charge in [0.05, 0.1) is 10.0 Å². The van der Waals surface area contributed by atoms with E-state index in [1.54, 1.807) is 0 Å². The van der Waals surface area contributed by atoms with Crippen LogP contribution >= 0.6 is 15.9 Å². The first kappa shape index (κ1) is 14.0. The second-order valence-corrected chi connectivity index (χ2v) is 3.83. The van der Waals surface area contributed by atoms with Crippen molar-refractivity contribution in [2.75, 3.05) is 0 Å². The predicted octanol–water partition coefficient (Wildman–Crippen LogP) is 3.81. The standard InChI is InChI=1S/C9H3BrF6O/c10-3-1-2-4(11)5(6(3)12)7(17)9(15,16)8(13)14/h1-2,8H. The lowest BCUT2D eigenvalue weighted by Crippen LogP contribution is -2.37. The number of hydrogen-bond donors (Lipinski definition) is 0. The second kappa shape index (κ2) is 4.67. The lowest BCUT2D eigenvalue weighted by molar-refractivity contribution is -0.0961. The van der Waals surface area contributed by atoms with E-state index in [1.165, 1.54) is 0 Å². The van der Waals surface area contributed by atoms with E-state index >= 15 is 0 Å². The summed E-state index contributed by atoms with van der Waals surface area (Å²) in [5.41, 5.74) is -1.69. The zero-order valence-corrected chi connectivity index (χ0v) is 9.37. The Bertz CT molecular complexity index is 459. The Kier molecular flexibility index (Phi) is 3.85. The second-order valence-electron chi connectivity index (χ2n) is 2.97. The topological polar surface area (TPSA) is 17.1 Å². The minimum absolute atomic E-state index is 0.479. The summed E-state index contributed by atoms with van der Waals surface area (Å²) >= 11 is 2.53. The first-order valence-electron chi connectivity index (χ1n) is 4.03. The third-order valence-corrected chi connectivity index (χ3v) is 2.46. The number of ketones is 1. The summed E-state index contributed by atoms with van der Waals surface area (Å²) in [6.07, 6.45) is -4.34. The Morgan fingerprint density at radius 3 is 2.24 bits per heavy atom. The van der Waals surface area contributed by atoms with Gasteiger partial charge in [0.25, 0.3) is 0 Å². The summed E-state index contributed by atoms with van der Waals surface area (Å²) in [7, 11) is 0. The van der Waals surface area contributed by atoms with Crippen LogP contribution in [-0.2, 0) is 0 Å². The molecule has 1 aromatic carbocycles. The van der Waals surface area contributed by atoms with Crippen molar-refractivity contribution in [2.45, 2.75) is 12.3 Å². The molecule has 0 amide bonds. The molecule has 1 rings (SSSR count). The fourth-order valence-electron chi connectivity index (χ4n) is 1.00. The van der Waals surface area contributed by atoms with Crippen LogP contribution in [0.1, 0.15) is 10.4 Å². The summed E-state index contributed by atoms with van der Waals surface area (Å²) < 4.78 is 74.9. The third kappa shape index (κ3) is 2.46. The fraction of sp³-hybridized carbons (Fsp3) is 0.222. The molecule has 0 unspecified atom stereocenters. The maximum atomic E-state index is 13.2. The van der Waals surface area contributed by atoms with E-state index in [4.69, 9.17) is 0 Å². The maximum Gasteiger partial charge on any atom is 0.369 e. The summed E-state index contributed by atoms with van der Waals surface area (Å²) in [5.74, 6) is -11.0. The van der Waals surface area contributed by atoms with Crippen LogP contribution in [-0.4, -0.2) is 18.1 Å². The Hall–Kier alpha value is -1.05. The zero-order chi connectivity index (χ0) is 13.4. The van der Waals surface area contributed by atoms with Crippen molar-refractivity contribution in [1.82, 2.24) is 0 Å². The largest absolute Gasteiger partial charge is 0.369 e. The van der Waals surface area contributed by atoms with Crippen molar-refractivity contribution in [3.8, 4) is 0 Å². The van der Waals surface area contributed by atoms with Crippen LogP contribution in [0.2, 0.25) is 0 Å². The van der Waals surface area contributed by atoms with E-state index in [0.717, 1.165) is 6.07 Å². The van der Waals surface area contributed by atoms with Gasteiger partial charge in [0.1, 0.15) is 5.82 Å². The number of benzene rings is 1. The highest BCUT2D eigenvalue weighted by molar-refractivity contribution is 9.10. The van der Waals surface area contributed by atoms with Gasteiger partial charge in [0.15, 0.2) is 5.82 Å². The van der Waals surface area contributed by atoms with Gasteiger partial charge in [-0.3, -0.25) is 4.79 Å². The molecule has 1 aromatic rings. The quantitative estimate of drug-likeness (QED) is 0.470. The van der Waals surface area contributed by atoms with Crippen molar-refractivity contribution in [3.63, 3.8) is 0 Å². The normalized spacial score (nSPS) is 12.0. The van der Waals surface area contributed by atoms with E-state index in [0.29, 0.717) is 6.07 Å². The van der Waals surface area contributed by atoms with Gasteiger partial charge in [0, 0.05) is 0 Å². The van der Waals surface area contributed by atoms with Crippen molar-refractivity contribution in [1.29, 1.82) is 0 Å². The van der Waals surface area contributed by atoms with E-state index in [1.807, 2.05) is 0 Å². The monoisotopic (exact) mass is 320 g/mol. The molecule has 0 spiro atoms. The van der Waals surface area contributed by atoms with Crippen molar-refractivity contribution in [2.24, 2.45) is 0 Å². The molecule has 0 bridgehead atoms. The molecule has 0 aromatic heterocycles. The van der Waals surface area contributed by atoms with E-state index in [9.17, 15) is 31.1 Å². The van der Waals surface area contributed by atoms with Gasteiger partial charge in [-0.1, -0.05) is 0 Å². The number of carbonyl (C=O) groups is 1. The minimum atomic E-state index is -5.14. The molecule has 8 heteroatoms. The van der Waals surface area contributed by atoms with Gasteiger partial charge < -0.3 is 0 Å². The molecule has 17 heavy (non-hydrogen) atoms. The average Bonchev–Trinajstić information content (AvgIpc) is 2.23. The molecule has 0 atom stereocenters. The van der Waals surface area contributed by atoms with Crippen LogP contribution in [0.15, 0.2) is 16.6 Å². The highest BCUT2D eigenvalue weighted by Gasteiger charge is 2.50. The molecule has 0 saturated carbocycles. The van der Waals surface area contributed by atoms with Crippen molar-refractivity contribution >= 4 is 21.7 Å². The molecule has 0 aliphatic heterocycles. The Balaban J connectivity index is 3.36. The zero-order valence-electron chi connectivity index (χ0n) is 7.79. The van der Waals surface area contributed by atoms with Crippen molar-refractivity contribution in [3.05, 3.63) is 33.8 Å². The molecule has 0 aliphatic rings. The number of Topliss-reactive ketones (excluding diaryl/α,β-unsaturated/α-hetero) is 1. The summed E-state index contributed by atoms with van der Waals surface area (Å²) in [6, 6.07) is 1.34. The molecule has 0 saturated heterocycles. The van der Waals surface area contributed by atoms with Gasteiger partial charge in [-0.25, -0.2) is 17.6 Å². The van der Waals surface area contributed by atoms with Crippen LogP contribution in [0.3, 0.4) is 0 Å². The summed E-state index contributed by atoms with van der Waals surface area (Å²) in [4.78, 5) is 11.0. The molecule has 0 N–H and O–H groups in total. The first-order valence-corrected chi connectivity index (χ1v) is 4.83. The number of rotatable bonds is 3. The molecule has 0 heterocycles. The van der Waals surface area contributed by atoms with Crippen LogP contribution in [0, 0.1) is 11.6 Å². The van der Waals surface area contributed by atoms with Crippen LogP contribution in [0.25, 0.3) is 0 Å². The first-order chi connectivity index (χ1) is 7.69. The van der Waals surface area contributed by atoms with E-state index < -0.39 is 39.8 Å². The third-order valence-electron chi connectivity index (χ3n) is 1.85. The lowest BCUT2D eigenvalue weighted by Gasteiger charge is -2.14. The highest BCUT2D eigenvalue weighted by atomic mass is 79.9.